The number of carbonyl (C=O) groups is 1. The molecule has 1 aromatic heterocycles. The van der Waals surface area contributed by atoms with E-state index in [1.165, 1.54) is 12.8 Å². The fraction of sp³-hybridized carbons (Fsp3) is 0.600. The molecule has 2 atom stereocenters. The summed E-state index contributed by atoms with van der Waals surface area (Å²) in [6.45, 7) is 3.86. The van der Waals surface area contributed by atoms with Gasteiger partial charge in [-0.05, 0) is 44.7 Å². The molecule has 3 N–H and O–H groups in total. The number of carbonyl (C=O) groups excluding carboxylic acids is 1. The fourth-order valence-corrected chi connectivity index (χ4v) is 2.75. The molecule has 1 amide bonds. The average Bonchev–Trinajstić information content (AvgIpc) is 2.36. The zero-order chi connectivity index (χ0) is 13.8. The number of nitrogens with zero attached hydrogens (tertiary/aromatic N) is 1. The number of halogens is 2. The van der Waals surface area contributed by atoms with Gasteiger partial charge in [0.15, 0.2) is 0 Å². The molecule has 1 fully saturated rings. The Hall–Kier alpha value is -0.840. The summed E-state index contributed by atoms with van der Waals surface area (Å²) in [6, 6.07) is 4.00. The predicted octanol–water partition coefficient (Wildman–Crippen LogP) is 3.39. The van der Waals surface area contributed by atoms with Crippen molar-refractivity contribution >= 4 is 36.4 Å². The summed E-state index contributed by atoms with van der Waals surface area (Å²) in [5.74, 6) is 0.378. The van der Waals surface area contributed by atoms with Crippen LogP contribution in [0.2, 0.25) is 0 Å². The van der Waals surface area contributed by atoms with Crippen LogP contribution >= 0.6 is 24.8 Å². The quantitative estimate of drug-likeness (QED) is 0.890. The SMILES string of the molecule is Cc1ccc(NC(=O)CC2CCCCC2N)c(C)n1.Cl.Cl. The van der Waals surface area contributed by atoms with Crippen molar-refractivity contribution in [3.8, 4) is 0 Å². The first-order chi connectivity index (χ1) is 9.06. The van der Waals surface area contributed by atoms with E-state index in [2.05, 4.69) is 10.3 Å². The van der Waals surface area contributed by atoms with Gasteiger partial charge < -0.3 is 11.1 Å². The molecule has 1 heterocycles. The lowest BCUT2D eigenvalue weighted by atomic mass is 9.83. The van der Waals surface area contributed by atoms with Gasteiger partial charge in [0.2, 0.25) is 5.91 Å². The van der Waals surface area contributed by atoms with E-state index in [0.717, 1.165) is 29.9 Å². The Kier molecular flexibility index (Phi) is 8.86. The van der Waals surface area contributed by atoms with Crippen LogP contribution in [0.25, 0.3) is 0 Å². The van der Waals surface area contributed by atoms with Crippen molar-refractivity contribution in [3.05, 3.63) is 23.5 Å². The highest BCUT2D eigenvalue weighted by atomic mass is 35.5. The van der Waals surface area contributed by atoms with Crippen LogP contribution in [0.3, 0.4) is 0 Å². The van der Waals surface area contributed by atoms with Crippen molar-refractivity contribution < 1.29 is 4.79 Å². The molecule has 120 valence electrons. The Morgan fingerprint density at radius 2 is 1.95 bits per heavy atom. The second kappa shape index (κ2) is 9.23. The molecule has 0 bridgehead atoms. The summed E-state index contributed by atoms with van der Waals surface area (Å²) in [4.78, 5) is 16.4. The molecule has 2 unspecified atom stereocenters. The summed E-state index contributed by atoms with van der Waals surface area (Å²) in [5, 5.41) is 2.95. The van der Waals surface area contributed by atoms with E-state index < -0.39 is 0 Å². The first-order valence-electron chi connectivity index (χ1n) is 7.06. The molecule has 6 heteroatoms. The normalized spacial score (nSPS) is 20.9. The van der Waals surface area contributed by atoms with Crippen molar-refractivity contribution in [1.82, 2.24) is 4.98 Å². The smallest absolute Gasteiger partial charge is 0.224 e. The van der Waals surface area contributed by atoms with Crippen LogP contribution in [-0.2, 0) is 4.79 Å². The molecular weight excluding hydrogens is 309 g/mol. The van der Waals surface area contributed by atoms with Gasteiger partial charge >= 0.3 is 0 Å². The van der Waals surface area contributed by atoms with Gasteiger partial charge in [0.1, 0.15) is 0 Å². The van der Waals surface area contributed by atoms with Gasteiger partial charge in [0.05, 0.1) is 11.4 Å². The van der Waals surface area contributed by atoms with Gasteiger partial charge in [-0.1, -0.05) is 12.8 Å². The summed E-state index contributed by atoms with van der Waals surface area (Å²) < 4.78 is 0. The lowest BCUT2D eigenvalue weighted by Gasteiger charge is -2.28. The van der Waals surface area contributed by atoms with Crippen molar-refractivity contribution in [1.29, 1.82) is 0 Å². The van der Waals surface area contributed by atoms with E-state index in [4.69, 9.17) is 5.73 Å². The van der Waals surface area contributed by atoms with Gasteiger partial charge in [-0.3, -0.25) is 9.78 Å². The third kappa shape index (κ3) is 5.81. The number of nitrogens with two attached hydrogens (primary N) is 1. The Morgan fingerprint density at radius 1 is 1.29 bits per heavy atom. The molecule has 1 aliphatic rings. The minimum Gasteiger partial charge on any atom is -0.327 e. The molecule has 21 heavy (non-hydrogen) atoms. The number of amides is 1. The topological polar surface area (TPSA) is 68.0 Å². The van der Waals surface area contributed by atoms with Gasteiger partial charge in [-0.15, -0.1) is 24.8 Å². The van der Waals surface area contributed by atoms with Crippen LogP contribution in [0.5, 0.6) is 0 Å². The van der Waals surface area contributed by atoms with Crippen molar-refractivity contribution in [3.63, 3.8) is 0 Å². The van der Waals surface area contributed by atoms with E-state index in [1.54, 1.807) is 0 Å². The zero-order valence-electron chi connectivity index (χ0n) is 12.6. The number of anilines is 1. The third-order valence-corrected chi connectivity index (χ3v) is 3.91. The molecule has 1 aliphatic carbocycles. The van der Waals surface area contributed by atoms with E-state index in [1.807, 2.05) is 26.0 Å². The average molecular weight is 334 g/mol. The monoisotopic (exact) mass is 333 g/mol. The number of rotatable bonds is 3. The fourth-order valence-electron chi connectivity index (χ4n) is 2.75. The van der Waals surface area contributed by atoms with Gasteiger partial charge in [0.25, 0.3) is 0 Å². The maximum atomic E-state index is 12.1. The molecule has 0 spiro atoms. The molecule has 0 radical (unpaired) electrons. The number of nitrogens with one attached hydrogen (secondary N) is 1. The van der Waals surface area contributed by atoms with Gasteiger partial charge in [-0.2, -0.15) is 0 Å². The predicted molar refractivity (Wildman–Crippen MR) is 91.4 cm³/mol. The highest BCUT2D eigenvalue weighted by Crippen LogP contribution is 2.26. The first-order valence-corrected chi connectivity index (χ1v) is 7.06. The second-order valence-corrected chi connectivity index (χ2v) is 5.55. The number of hydrogen-bond donors (Lipinski definition) is 2. The lowest BCUT2D eigenvalue weighted by molar-refractivity contribution is -0.117. The van der Waals surface area contributed by atoms with Crippen LogP contribution in [-0.4, -0.2) is 16.9 Å². The lowest BCUT2D eigenvalue weighted by Crippen LogP contribution is -2.35. The highest BCUT2D eigenvalue weighted by molar-refractivity contribution is 5.91. The van der Waals surface area contributed by atoms with Crippen LogP contribution < -0.4 is 11.1 Å². The summed E-state index contributed by atoms with van der Waals surface area (Å²) >= 11 is 0. The summed E-state index contributed by atoms with van der Waals surface area (Å²) in [7, 11) is 0. The minimum absolute atomic E-state index is 0. The van der Waals surface area contributed by atoms with Crippen molar-refractivity contribution in [2.24, 2.45) is 11.7 Å². The molecule has 0 aliphatic heterocycles. The van der Waals surface area contributed by atoms with E-state index >= 15 is 0 Å². The Morgan fingerprint density at radius 3 is 2.57 bits per heavy atom. The Labute approximate surface area is 139 Å². The van der Waals surface area contributed by atoms with Gasteiger partial charge in [0, 0.05) is 18.2 Å². The maximum absolute atomic E-state index is 12.1. The molecule has 1 aromatic rings. The van der Waals surface area contributed by atoms with Crippen LogP contribution in [0, 0.1) is 19.8 Å². The molecule has 2 rings (SSSR count). The second-order valence-electron chi connectivity index (χ2n) is 5.55. The van der Waals surface area contributed by atoms with Crippen LogP contribution in [0.4, 0.5) is 5.69 Å². The third-order valence-electron chi connectivity index (χ3n) is 3.91. The zero-order valence-corrected chi connectivity index (χ0v) is 14.2. The van der Waals surface area contributed by atoms with Crippen LogP contribution in [0.1, 0.15) is 43.5 Å². The van der Waals surface area contributed by atoms with Crippen molar-refractivity contribution in [2.75, 3.05) is 5.32 Å². The Balaban J connectivity index is 0.00000200. The summed E-state index contributed by atoms with van der Waals surface area (Å²) in [6.07, 6.45) is 5.02. The van der Waals surface area contributed by atoms with Crippen LogP contribution in [0.15, 0.2) is 12.1 Å². The number of aryl methyl sites for hydroxylation is 2. The number of aromatic nitrogens is 1. The molecule has 0 aromatic carbocycles. The van der Waals surface area contributed by atoms with E-state index in [-0.39, 0.29) is 36.8 Å². The van der Waals surface area contributed by atoms with E-state index in [0.29, 0.717) is 12.3 Å². The Bertz CT molecular complexity index is 468. The van der Waals surface area contributed by atoms with E-state index in [9.17, 15) is 4.79 Å². The summed E-state index contributed by atoms with van der Waals surface area (Å²) in [5.41, 5.74) is 8.71. The molecule has 1 saturated carbocycles. The van der Waals surface area contributed by atoms with Gasteiger partial charge in [-0.25, -0.2) is 0 Å². The molecular formula is C15H25Cl2N3O. The number of pyridine rings is 1. The molecule has 4 nitrogen and oxygen atoms in total. The number of hydrogen-bond acceptors (Lipinski definition) is 3. The maximum Gasteiger partial charge on any atom is 0.224 e. The first kappa shape index (κ1) is 20.2. The standard InChI is InChI=1S/C15H23N3O.2ClH/c1-10-7-8-14(11(2)17-10)18-15(19)9-12-5-3-4-6-13(12)16;;/h7-8,12-13H,3-6,9,16H2,1-2H3,(H,18,19);2*1H. The largest absolute Gasteiger partial charge is 0.327 e. The molecule has 0 saturated heterocycles. The van der Waals surface area contributed by atoms with Crippen molar-refractivity contribution in [2.45, 2.75) is 52.0 Å². The highest BCUT2D eigenvalue weighted by Gasteiger charge is 2.24. The minimum atomic E-state index is 0.